The van der Waals surface area contributed by atoms with Gasteiger partial charge in [-0.15, -0.1) is 0 Å². The van der Waals surface area contributed by atoms with Gasteiger partial charge < -0.3 is 29.9 Å². The molecule has 0 bridgehead atoms. The van der Waals surface area contributed by atoms with E-state index in [4.69, 9.17) is 14.6 Å². The summed E-state index contributed by atoms with van der Waals surface area (Å²) >= 11 is 0. The fourth-order valence-corrected chi connectivity index (χ4v) is 3.70. The third kappa shape index (κ3) is 10.5. The lowest BCUT2D eigenvalue weighted by atomic mass is 9.99. The Morgan fingerprint density at radius 2 is 1.11 bits per heavy atom. The molecule has 6 nitrogen and oxygen atoms in total. The van der Waals surface area contributed by atoms with E-state index in [-0.39, 0.29) is 0 Å². The van der Waals surface area contributed by atoms with E-state index in [1.807, 2.05) is 0 Å². The highest BCUT2D eigenvalue weighted by Crippen LogP contribution is 2.22. The Labute approximate surface area is 171 Å². The molecule has 1 aliphatic heterocycles. The molecule has 1 heterocycles. The van der Waals surface area contributed by atoms with Gasteiger partial charge in [0.05, 0.1) is 6.61 Å². The molecule has 1 fully saturated rings. The van der Waals surface area contributed by atoms with Crippen LogP contribution >= 0.6 is 0 Å². The van der Waals surface area contributed by atoms with E-state index in [0.717, 1.165) is 12.8 Å². The maximum Gasteiger partial charge on any atom is 0.186 e. The van der Waals surface area contributed by atoms with Crippen molar-refractivity contribution in [3.63, 3.8) is 0 Å². The van der Waals surface area contributed by atoms with Crippen molar-refractivity contribution in [2.24, 2.45) is 0 Å². The Hall–Kier alpha value is -0.240. The van der Waals surface area contributed by atoms with E-state index in [1.54, 1.807) is 0 Å². The molecule has 4 N–H and O–H groups in total. The van der Waals surface area contributed by atoms with Crippen LogP contribution in [0, 0.1) is 0 Å². The number of hydrogen-bond donors (Lipinski definition) is 4. The summed E-state index contributed by atoms with van der Waals surface area (Å²) in [5.74, 6) is 0. The molecule has 1 saturated heterocycles. The van der Waals surface area contributed by atoms with Crippen molar-refractivity contribution in [3.8, 4) is 0 Å². The molecule has 0 unspecified atom stereocenters. The Bertz CT molecular complexity index is 352. The molecule has 0 amide bonds. The van der Waals surface area contributed by atoms with Crippen molar-refractivity contribution >= 4 is 0 Å². The smallest absolute Gasteiger partial charge is 0.186 e. The van der Waals surface area contributed by atoms with Crippen LogP contribution in [0.3, 0.4) is 0 Å². The maximum absolute atomic E-state index is 9.89. The van der Waals surface area contributed by atoms with Crippen LogP contribution in [0.25, 0.3) is 0 Å². The molecule has 0 aromatic heterocycles. The van der Waals surface area contributed by atoms with Crippen LogP contribution in [0.15, 0.2) is 0 Å². The van der Waals surface area contributed by atoms with Crippen molar-refractivity contribution < 1.29 is 29.9 Å². The summed E-state index contributed by atoms with van der Waals surface area (Å²) in [7, 11) is 0. The van der Waals surface area contributed by atoms with E-state index in [2.05, 4.69) is 6.92 Å². The molecular weight excluding hydrogens is 360 g/mol. The maximum atomic E-state index is 9.89. The number of hydrogen-bond acceptors (Lipinski definition) is 6. The van der Waals surface area contributed by atoms with Crippen molar-refractivity contribution in [2.75, 3.05) is 13.2 Å². The summed E-state index contributed by atoms with van der Waals surface area (Å²) in [6.45, 7) is 2.26. The standard InChI is InChI=1S/C22H44O6/c1-2-3-4-5-6-7-8-9-10-11-12-13-14-15-16-27-22-21(26)20(25)19(24)18(17-23)28-22/h18-26H,2-17H2,1H3/t18-,19+,20+,21-,22+/m1/s1. The summed E-state index contributed by atoms with van der Waals surface area (Å²) in [4.78, 5) is 0. The second kappa shape index (κ2) is 16.5. The van der Waals surface area contributed by atoms with Gasteiger partial charge in [-0.1, -0.05) is 90.4 Å². The third-order valence-corrected chi connectivity index (χ3v) is 5.63. The summed E-state index contributed by atoms with van der Waals surface area (Å²) < 4.78 is 10.8. The van der Waals surface area contributed by atoms with Crippen molar-refractivity contribution in [1.29, 1.82) is 0 Å². The van der Waals surface area contributed by atoms with E-state index in [0.29, 0.717) is 6.61 Å². The Balaban J connectivity index is 1.90. The molecule has 1 rings (SSSR count). The quantitative estimate of drug-likeness (QED) is 0.278. The molecular formula is C22H44O6. The number of ether oxygens (including phenoxy) is 2. The minimum absolute atomic E-state index is 0.427. The highest BCUT2D eigenvalue weighted by atomic mass is 16.7. The van der Waals surface area contributed by atoms with E-state index in [1.165, 1.54) is 77.0 Å². The molecule has 28 heavy (non-hydrogen) atoms. The van der Waals surface area contributed by atoms with Crippen molar-refractivity contribution in [1.82, 2.24) is 0 Å². The average molecular weight is 405 g/mol. The molecule has 168 valence electrons. The first-order valence-corrected chi connectivity index (χ1v) is 11.5. The van der Waals surface area contributed by atoms with Crippen LogP contribution in [-0.4, -0.2) is 64.3 Å². The van der Waals surface area contributed by atoms with Crippen LogP contribution in [0.2, 0.25) is 0 Å². The number of aliphatic hydroxyl groups excluding tert-OH is 4. The first kappa shape index (κ1) is 25.8. The molecule has 0 aromatic rings. The first-order chi connectivity index (χ1) is 13.6. The number of aliphatic hydroxyl groups is 4. The molecule has 1 aliphatic rings. The van der Waals surface area contributed by atoms with Crippen LogP contribution < -0.4 is 0 Å². The van der Waals surface area contributed by atoms with Crippen LogP contribution in [0.5, 0.6) is 0 Å². The first-order valence-electron chi connectivity index (χ1n) is 11.5. The highest BCUT2D eigenvalue weighted by Gasteiger charge is 2.43. The van der Waals surface area contributed by atoms with Crippen LogP contribution in [0.1, 0.15) is 96.8 Å². The van der Waals surface area contributed by atoms with Crippen LogP contribution in [0.4, 0.5) is 0 Å². The van der Waals surface area contributed by atoms with E-state index in [9.17, 15) is 15.3 Å². The zero-order chi connectivity index (χ0) is 20.6. The van der Waals surface area contributed by atoms with Crippen LogP contribution in [-0.2, 0) is 9.47 Å². The Kier molecular flexibility index (Phi) is 15.2. The lowest BCUT2D eigenvalue weighted by Crippen LogP contribution is -2.59. The minimum Gasteiger partial charge on any atom is -0.394 e. The summed E-state index contributed by atoms with van der Waals surface area (Å²) in [5.41, 5.74) is 0. The zero-order valence-corrected chi connectivity index (χ0v) is 17.8. The topological polar surface area (TPSA) is 99.4 Å². The highest BCUT2D eigenvalue weighted by molar-refractivity contribution is 4.88. The van der Waals surface area contributed by atoms with Gasteiger partial charge in [-0.05, 0) is 6.42 Å². The molecule has 0 saturated carbocycles. The molecule has 6 heteroatoms. The van der Waals surface area contributed by atoms with Gasteiger partial charge in [0.2, 0.25) is 0 Å². The molecule has 5 atom stereocenters. The fourth-order valence-electron chi connectivity index (χ4n) is 3.70. The summed E-state index contributed by atoms with van der Waals surface area (Å²) in [6.07, 6.45) is 12.1. The Morgan fingerprint density at radius 1 is 0.643 bits per heavy atom. The lowest BCUT2D eigenvalue weighted by molar-refractivity contribution is -0.301. The van der Waals surface area contributed by atoms with E-state index < -0.39 is 37.3 Å². The molecule has 0 aromatic carbocycles. The number of rotatable bonds is 17. The average Bonchev–Trinajstić information content (AvgIpc) is 2.70. The second-order valence-corrected chi connectivity index (χ2v) is 8.16. The fraction of sp³-hybridized carbons (Fsp3) is 1.00. The van der Waals surface area contributed by atoms with E-state index >= 15 is 0 Å². The summed E-state index contributed by atoms with van der Waals surface area (Å²) in [6, 6.07) is 0. The van der Waals surface area contributed by atoms with Gasteiger partial charge in [0.1, 0.15) is 24.4 Å². The molecule has 0 spiro atoms. The van der Waals surface area contributed by atoms with Gasteiger partial charge in [0, 0.05) is 6.61 Å². The zero-order valence-electron chi connectivity index (χ0n) is 17.8. The van der Waals surface area contributed by atoms with Gasteiger partial charge in [0.25, 0.3) is 0 Å². The largest absolute Gasteiger partial charge is 0.394 e. The lowest BCUT2D eigenvalue weighted by Gasteiger charge is -2.39. The van der Waals surface area contributed by atoms with Gasteiger partial charge >= 0.3 is 0 Å². The SMILES string of the molecule is CCCCCCCCCCCCCCCCO[C@H]1O[C@H](CO)[C@H](O)[C@H](O)[C@H]1O. The van der Waals surface area contributed by atoms with Crippen molar-refractivity contribution in [2.45, 2.75) is 128 Å². The normalized spacial score (nSPS) is 28.0. The predicted octanol–water partition coefficient (Wildman–Crippen LogP) is 3.28. The minimum atomic E-state index is -1.37. The molecule has 0 aliphatic carbocycles. The van der Waals surface area contributed by atoms with Crippen molar-refractivity contribution in [3.05, 3.63) is 0 Å². The van der Waals surface area contributed by atoms with Gasteiger partial charge in [-0.2, -0.15) is 0 Å². The summed E-state index contributed by atoms with van der Waals surface area (Å²) in [5, 5.41) is 38.5. The predicted molar refractivity (Wildman–Crippen MR) is 110 cm³/mol. The molecule has 0 radical (unpaired) electrons. The second-order valence-electron chi connectivity index (χ2n) is 8.16. The van der Waals surface area contributed by atoms with Gasteiger partial charge in [0.15, 0.2) is 6.29 Å². The third-order valence-electron chi connectivity index (χ3n) is 5.63. The Morgan fingerprint density at radius 3 is 1.57 bits per heavy atom. The van der Waals surface area contributed by atoms with Gasteiger partial charge in [-0.3, -0.25) is 0 Å². The monoisotopic (exact) mass is 404 g/mol. The van der Waals surface area contributed by atoms with Gasteiger partial charge in [-0.25, -0.2) is 0 Å². The number of unbranched alkanes of at least 4 members (excludes halogenated alkanes) is 13.